The summed E-state index contributed by atoms with van der Waals surface area (Å²) in [5.41, 5.74) is 6.22. The van der Waals surface area contributed by atoms with E-state index in [9.17, 15) is 9.59 Å². The molecule has 0 aromatic carbocycles. The van der Waals surface area contributed by atoms with Crippen LogP contribution in [0.2, 0.25) is 0 Å². The molecule has 1 aliphatic rings. The molecule has 3 N–H and O–H groups in total. The second-order valence-corrected chi connectivity index (χ2v) is 6.53. The fourth-order valence-electron chi connectivity index (χ4n) is 2.31. The number of hydrogen-bond donors (Lipinski definition) is 2. The minimum Gasteiger partial charge on any atom is -0.338 e. The van der Waals surface area contributed by atoms with Gasteiger partial charge in [-0.15, -0.1) is 0 Å². The topological polar surface area (TPSA) is 79.2 Å². The van der Waals surface area contributed by atoms with E-state index in [4.69, 9.17) is 5.73 Å². The minimum atomic E-state index is -0.238. The van der Waals surface area contributed by atoms with Gasteiger partial charge in [0.1, 0.15) is 0 Å². The Balaban J connectivity index is 2.20. The Morgan fingerprint density at radius 3 is 2.84 bits per heavy atom. The van der Waals surface area contributed by atoms with Crippen LogP contribution in [-0.2, 0) is 0 Å². The molecule has 2 heterocycles. The first-order valence-corrected chi connectivity index (χ1v) is 7.03. The number of halogens is 1. The number of nitrogens with zero attached hydrogens (tertiary/aromatic N) is 1. The summed E-state index contributed by atoms with van der Waals surface area (Å²) in [6.45, 7) is 5.42. The van der Waals surface area contributed by atoms with Gasteiger partial charge in [0.15, 0.2) is 0 Å². The van der Waals surface area contributed by atoms with Crippen molar-refractivity contribution in [3.05, 3.63) is 32.7 Å². The molecule has 19 heavy (non-hydrogen) atoms. The van der Waals surface area contributed by atoms with Crippen LogP contribution in [0, 0.1) is 5.41 Å². The molecule has 0 aliphatic carbocycles. The molecule has 0 spiro atoms. The number of likely N-dealkylation sites (tertiary alicyclic amines) is 1. The molecule has 1 fully saturated rings. The minimum absolute atomic E-state index is 0.0723. The van der Waals surface area contributed by atoms with E-state index in [0.29, 0.717) is 23.1 Å². The second kappa shape index (κ2) is 5.09. The number of H-pyrrole nitrogens is 1. The van der Waals surface area contributed by atoms with Gasteiger partial charge in [-0.1, -0.05) is 13.8 Å². The van der Waals surface area contributed by atoms with Crippen molar-refractivity contribution in [1.29, 1.82) is 0 Å². The number of pyridine rings is 1. The molecule has 104 valence electrons. The van der Waals surface area contributed by atoms with Crippen LogP contribution in [0.1, 0.15) is 30.6 Å². The van der Waals surface area contributed by atoms with Crippen molar-refractivity contribution in [1.82, 2.24) is 9.88 Å². The highest BCUT2D eigenvalue weighted by Gasteiger charge is 2.35. The summed E-state index contributed by atoms with van der Waals surface area (Å²) < 4.78 is 0.367. The standard InChI is InChI=1S/C13H18BrN3O2/c1-13(2)7-17(4-3-10(13)15)12(19)8-5-9(14)11(18)16-6-8/h5-6,10H,3-4,7,15H2,1-2H3,(H,16,18). The number of aromatic amines is 1. The molecule has 1 amide bonds. The number of aromatic nitrogens is 1. The zero-order chi connectivity index (χ0) is 14.2. The summed E-state index contributed by atoms with van der Waals surface area (Å²) in [5.74, 6) is -0.0723. The van der Waals surface area contributed by atoms with E-state index in [1.165, 1.54) is 6.20 Å². The van der Waals surface area contributed by atoms with Crippen LogP contribution < -0.4 is 11.3 Å². The molecule has 6 heteroatoms. The molecule has 1 saturated heterocycles. The molecule has 0 radical (unpaired) electrons. The predicted molar refractivity (Wildman–Crippen MR) is 77.0 cm³/mol. The number of nitrogens with two attached hydrogens (primary N) is 1. The molecule has 0 bridgehead atoms. The number of rotatable bonds is 1. The van der Waals surface area contributed by atoms with E-state index in [2.05, 4.69) is 34.8 Å². The predicted octanol–water partition coefficient (Wildman–Crippen LogP) is 1.34. The van der Waals surface area contributed by atoms with Crippen LogP contribution >= 0.6 is 15.9 Å². The lowest BCUT2D eigenvalue weighted by Crippen LogP contribution is -2.54. The van der Waals surface area contributed by atoms with Gasteiger partial charge >= 0.3 is 0 Å². The molecular weight excluding hydrogens is 310 g/mol. The van der Waals surface area contributed by atoms with Gasteiger partial charge in [-0.3, -0.25) is 9.59 Å². The summed E-state index contributed by atoms with van der Waals surface area (Å²) in [4.78, 5) is 28.0. The lowest BCUT2D eigenvalue weighted by Gasteiger charge is -2.42. The van der Waals surface area contributed by atoms with Crippen molar-refractivity contribution < 1.29 is 4.79 Å². The van der Waals surface area contributed by atoms with E-state index in [-0.39, 0.29) is 22.9 Å². The molecule has 2 rings (SSSR count). The third-order valence-electron chi connectivity index (χ3n) is 3.70. The smallest absolute Gasteiger partial charge is 0.262 e. The van der Waals surface area contributed by atoms with Crippen molar-refractivity contribution >= 4 is 21.8 Å². The van der Waals surface area contributed by atoms with Crippen molar-refractivity contribution in [3.8, 4) is 0 Å². The first-order valence-electron chi connectivity index (χ1n) is 6.24. The first-order chi connectivity index (χ1) is 8.81. The molecule has 0 saturated carbocycles. The third kappa shape index (κ3) is 2.90. The summed E-state index contributed by atoms with van der Waals surface area (Å²) in [7, 11) is 0. The van der Waals surface area contributed by atoms with Crippen molar-refractivity contribution in [2.75, 3.05) is 13.1 Å². The molecule has 1 unspecified atom stereocenters. The van der Waals surface area contributed by atoms with Crippen molar-refractivity contribution in [2.24, 2.45) is 11.1 Å². The Bertz CT molecular complexity index is 553. The average molecular weight is 328 g/mol. The largest absolute Gasteiger partial charge is 0.338 e. The van der Waals surface area contributed by atoms with Gasteiger partial charge < -0.3 is 15.6 Å². The Kier molecular flexibility index (Phi) is 3.82. The van der Waals surface area contributed by atoms with E-state index in [1.54, 1.807) is 11.0 Å². The molecule has 5 nitrogen and oxygen atoms in total. The average Bonchev–Trinajstić information content (AvgIpc) is 2.35. The fourth-order valence-corrected chi connectivity index (χ4v) is 2.67. The molecule has 1 atom stereocenters. The number of amides is 1. The van der Waals surface area contributed by atoms with E-state index >= 15 is 0 Å². The SMILES string of the molecule is CC1(C)CN(C(=O)c2c[nH]c(=O)c(Br)c2)CCC1N. The molecule has 1 aromatic heterocycles. The molecular formula is C13H18BrN3O2. The highest BCUT2D eigenvalue weighted by atomic mass is 79.9. The first kappa shape index (κ1) is 14.3. The number of nitrogens with one attached hydrogen (secondary N) is 1. The van der Waals surface area contributed by atoms with Gasteiger partial charge in [-0.05, 0) is 33.8 Å². The third-order valence-corrected chi connectivity index (χ3v) is 4.29. The maximum Gasteiger partial charge on any atom is 0.262 e. The van der Waals surface area contributed by atoms with Crippen LogP contribution in [0.3, 0.4) is 0 Å². The van der Waals surface area contributed by atoms with Gasteiger partial charge in [0.2, 0.25) is 0 Å². The second-order valence-electron chi connectivity index (χ2n) is 5.68. The normalized spacial score (nSPS) is 22.3. The maximum absolute atomic E-state index is 12.4. The van der Waals surface area contributed by atoms with E-state index in [0.717, 1.165) is 6.42 Å². The Morgan fingerprint density at radius 1 is 1.58 bits per heavy atom. The van der Waals surface area contributed by atoms with Crippen molar-refractivity contribution in [3.63, 3.8) is 0 Å². The number of piperidine rings is 1. The number of carbonyl (C=O) groups excluding carboxylic acids is 1. The summed E-state index contributed by atoms with van der Waals surface area (Å²) in [5, 5.41) is 0. The van der Waals surface area contributed by atoms with Crippen LogP contribution in [-0.4, -0.2) is 34.9 Å². The fraction of sp³-hybridized carbons (Fsp3) is 0.538. The van der Waals surface area contributed by atoms with Crippen LogP contribution in [0.25, 0.3) is 0 Å². The quantitative estimate of drug-likeness (QED) is 0.816. The summed E-state index contributed by atoms with van der Waals surface area (Å²) in [6.07, 6.45) is 2.25. The van der Waals surface area contributed by atoms with Crippen LogP contribution in [0.5, 0.6) is 0 Å². The lowest BCUT2D eigenvalue weighted by atomic mass is 9.79. The van der Waals surface area contributed by atoms with Gasteiger partial charge in [0.05, 0.1) is 10.0 Å². The highest BCUT2D eigenvalue weighted by molar-refractivity contribution is 9.10. The van der Waals surface area contributed by atoms with E-state index in [1.807, 2.05) is 0 Å². The maximum atomic E-state index is 12.4. The van der Waals surface area contributed by atoms with Crippen LogP contribution in [0.4, 0.5) is 0 Å². The summed E-state index contributed by atoms with van der Waals surface area (Å²) in [6, 6.07) is 1.67. The van der Waals surface area contributed by atoms with Gasteiger partial charge in [0, 0.05) is 25.3 Å². The van der Waals surface area contributed by atoms with Gasteiger partial charge in [-0.25, -0.2) is 0 Å². The van der Waals surface area contributed by atoms with Gasteiger partial charge in [-0.2, -0.15) is 0 Å². The highest BCUT2D eigenvalue weighted by Crippen LogP contribution is 2.28. The monoisotopic (exact) mass is 327 g/mol. The van der Waals surface area contributed by atoms with E-state index < -0.39 is 0 Å². The zero-order valence-corrected chi connectivity index (χ0v) is 12.7. The van der Waals surface area contributed by atoms with Crippen LogP contribution in [0.15, 0.2) is 21.5 Å². The van der Waals surface area contributed by atoms with Crippen molar-refractivity contribution in [2.45, 2.75) is 26.3 Å². The Hall–Kier alpha value is -1.14. The van der Waals surface area contributed by atoms with Gasteiger partial charge in [0.25, 0.3) is 11.5 Å². The zero-order valence-electron chi connectivity index (χ0n) is 11.1. The summed E-state index contributed by atoms with van der Waals surface area (Å²) >= 11 is 3.14. The number of hydrogen-bond acceptors (Lipinski definition) is 3. The lowest BCUT2D eigenvalue weighted by molar-refractivity contribution is 0.0532. The molecule has 1 aromatic rings. The Morgan fingerprint density at radius 2 is 2.26 bits per heavy atom. The molecule has 1 aliphatic heterocycles. The Labute approximate surface area is 120 Å². The number of carbonyl (C=O) groups is 1.